The Morgan fingerprint density at radius 1 is 0.378 bits per heavy atom. The van der Waals surface area contributed by atoms with Crippen LogP contribution in [-0.4, -0.2) is 14.5 Å². The molecule has 2 heterocycles. The summed E-state index contributed by atoms with van der Waals surface area (Å²) < 4.78 is 2.30. The molecule has 3 nitrogen and oxygen atoms in total. The van der Waals surface area contributed by atoms with Gasteiger partial charge in [-0.2, -0.15) is 0 Å². The van der Waals surface area contributed by atoms with Crippen LogP contribution in [0.15, 0.2) is 152 Å². The highest BCUT2D eigenvalue weighted by molar-refractivity contribution is 6.36. The molecule has 0 amide bonds. The zero-order chi connectivity index (χ0) is 29.5. The Morgan fingerprint density at radius 2 is 0.956 bits per heavy atom. The molecule has 208 valence electrons. The van der Waals surface area contributed by atoms with E-state index in [9.17, 15) is 0 Å². The third kappa shape index (κ3) is 3.41. The van der Waals surface area contributed by atoms with Crippen LogP contribution in [0.2, 0.25) is 0 Å². The molecule has 0 aliphatic carbocycles. The average Bonchev–Trinajstić information content (AvgIpc) is 3.46. The molecular formula is C42H25N3. The van der Waals surface area contributed by atoms with Crippen LogP contribution >= 0.6 is 0 Å². The van der Waals surface area contributed by atoms with Crippen molar-refractivity contribution in [1.82, 2.24) is 14.5 Å². The zero-order valence-electron chi connectivity index (χ0n) is 24.3. The first-order valence-corrected chi connectivity index (χ1v) is 15.4. The van der Waals surface area contributed by atoms with Gasteiger partial charge in [-0.05, 0) is 44.5 Å². The predicted octanol–water partition coefficient (Wildman–Crippen LogP) is 11.0. The average molecular weight is 572 g/mol. The first-order valence-electron chi connectivity index (χ1n) is 15.4. The molecule has 10 rings (SSSR count). The smallest absolute Gasteiger partial charge is 0.235 e. The summed E-state index contributed by atoms with van der Waals surface area (Å²) >= 11 is 0. The highest BCUT2D eigenvalue weighted by Gasteiger charge is 2.22. The Kier molecular flexibility index (Phi) is 5.00. The molecule has 0 spiro atoms. The van der Waals surface area contributed by atoms with Crippen molar-refractivity contribution in [3.63, 3.8) is 0 Å². The van der Waals surface area contributed by atoms with Gasteiger partial charge in [0.05, 0.1) is 22.2 Å². The van der Waals surface area contributed by atoms with Crippen LogP contribution in [-0.2, 0) is 0 Å². The summed E-state index contributed by atoms with van der Waals surface area (Å²) in [6.07, 6.45) is 0. The van der Waals surface area contributed by atoms with E-state index in [0.29, 0.717) is 5.95 Å². The van der Waals surface area contributed by atoms with E-state index in [2.05, 4.69) is 150 Å². The summed E-state index contributed by atoms with van der Waals surface area (Å²) in [4.78, 5) is 10.6. The van der Waals surface area contributed by atoms with Crippen molar-refractivity contribution in [2.24, 2.45) is 0 Å². The molecule has 0 bridgehead atoms. The standard InChI is InChI=1S/C42H25N3/c1-2-13-27(14-3-1)40-34-20-10-11-21-36(34)43-42(44-40)45-37-25-24-33-31-18-7-6-16-29(31)30-17-8-9-19-32(30)38(33)39(37)35-23-22-26-12-4-5-15-28(26)41(35)45/h1-25H. The van der Waals surface area contributed by atoms with Gasteiger partial charge in [0.25, 0.3) is 0 Å². The lowest BCUT2D eigenvalue weighted by atomic mass is 9.91. The minimum atomic E-state index is 0.674. The molecule has 0 saturated carbocycles. The molecule has 8 aromatic carbocycles. The second kappa shape index (κ2) is 9.22. The van der Waals surface area contributed by atoms with Gasteiger partial charge in [0.2, 0.25) is 5.95 Å². The fraction of sp³-hybridized carbons (Fsp3) is 0. The van der Waals surface area contributed by atoms with Gasteiger partial charge in [-0.15, -0.1) is 0 Å². The third-order valence-corrected chi connectivity index (χ3v) is 9.36. The summed E-state index contributed by atoms with van der Waals surface area (Å²) in [7, 11) is 0. The molecule has 0 radical (unpaired) electrons. The van der Waals surface area contributed by atoms with E-state index in [1.165, 1.54) is 53.9 Å². The van der Waals surface area contributed by atoms with Crippen LogP contribution in [0.3, 0.4) is 0 Å². The molecule has 2 aromatic heterocycles. The Bertz CT molecular complexity index is 2780. The number of nitrogens with zero attached hydrogens (tertiary/aromatic N) is 3. The monoisotopic (exact) mass is 571 g/mol. The largest absolute Gasteiger partial charge is 0.277 e. The van der Waals surface area contributed by atoms with Crippen molar-refractivity contribution >= 4 is 75.8 Å². The van der Waals surface area contributed by atoms with Crippen LogP contribution in [0.1, 0.15) is 0 Å². The number of hydrogen-bond acceptors (Lipinski definition) is 2. The van der Waals surface area contributed by atoms with Crippen molar-refractivity contribution in [2.75, 3.05) is 0 Å². The molecule has 0 unspecified atom stereocenters. The van der Waals surface area contributed by atoms with Crippen LogP contribution in [0.5, 0.6) is 0 Å². The van der Waals surface area contributed by atoms with E-state index < -0.39 is 0 Å². The van der Waals surface area contributed by atoms with Crippen LogP contribution in [0.4, 0.5) is 0 Å². The molecule has 45 heavy (non-hydrogen) atoms. The van der Waals surface area contributed by atoms with Gasteiger partial charge in [-0.1, -0.05) is 140 Å². The molecule has 3 heteroatoms. The Morgan fingerprint density at radius 3 is 1.73 bits per heavy atom. The summed E-state index contributed by atoms with van der Waals surface area (Å²) in [5, 5.41) is 13.4. The van der Waals surface area contributed by atoms with Gasteiger partial charge in [0.15, 0.2) is 0 Å². The van der Waals surface area contributed by atoms with Crippen molar-refractivity contribution in [2.45, 2.75) is 0 Å². The molecule has 0 fully saturated rings. The summed E-state index contributed by atoms with van der Waals surface area (Å²) in [5.74, 6) is 0.674. The fourth-order valence-corrected chi connectivity index (χ4v) is 7.45. The molecular weight excluding hydrogens is 546 g/mol. The van der Waals surface area contributed by atoms with Gasteiger partial charge < -0.3 is 0 Å². The second-order valence-corrected chi connectivity index (χ2v) is 11.7. The van der Waals surface area contributed by atoms with Crippen molar-refractivity contribution in [3.05, 3.63) is 152 Å². The quantitative estimate of drug-likeness (QED) is 0.193. The van der Waals surface area contributed by atoms with Gasteiger partial charge in [-0.25, -0.2) is 9.97 Å². The molecule has 0 saturated heterocycles. The number of benzene rings is 8. The number of rotatable bonds is 2. The minimum Gasteiger partial charge on any atom is -0.277 e. The van der Waals surface area contributed by atoms with Gasteiger partial charge in [-0.3, -0.25) is 4.57 Å². The molecule has 0 aliphatic rings. The SMILES string of the molecule is c1ccc(-c2nc(-n3c4ccc5c6ccccc6c6ccccc6c5c4c4ccc5ccccc5c43)nc3ccccc23)cc1. The van der Waals surface area contributed by atoms with Gasteiger partial charge in [0.1, 0.15) is 0 Å². The highest BCUT2D eigenvalue weighted by atomic mass is 15.2. The molecule has 0 aliphatic heterocycles. The summed E-state index contributed by atoms with van der Waals surface area (Å²) in [5.41, 5.74) is 5.16. The molecule has 0 atom stereocenters. The minimum absolute atomic E-state index is 0.674. The van der Waals surface area contributed by atoms with E-state index in [0.717, 1.165) is 33.2 Å². The number of para-hydroxylation sites is 1. The van der Waals surface area contributed by atoms with Crippen LogP contribution < -0.4 is 0 Å². The first kappa shape index (κ1) is 24.4. The lowest BCUT2D eigenvalue weighted by Crippen LogP contribution is -2.03. The molecule has 0 N–H and O–H groups in total. The first-order chi connectivity index (χ1) is 22.3. The lowest BCUT2D eigenvalue weighted by Gasteiger charge is -2.13. The normalized spacial score (nSPS) is 12.0. The zero-order valence-corrected chi connectivity index (χ0v) is 24.3. The van der Waals surface area contributed by atoms with E-state index in [1.807, 2.05) is 6.07 Å². The Balaban J connectivity index is 1.46. The second-order valence-electron chi connectivity index (χ2n) is 11.7. The highest BCUT2D eigenvalue weighted by Crippen LogP contribution is 2.44. The van der Waals surface area contributed by atoms with Crippen LogP contribution in [0, 0.1) is 0 Å². The Labute approximate surface area is 258 Å². The number of aromatic nitrogens is 3. The Hall–Kier alpha value is -6.06. The predicted molar refractivity (Wildman–Crippen MR) is 189 cm³/mol. The maximum absolute atomic E-state index is 5.36. The van der Waals surface area contributed by atoms with E-state index in [4.69, 9.17) is 9.97 Å². The van der Waals surface area contributed by atoms with Crippen molar-refractivity contribution in [1.29, 1.82) is 0 Å². The van der Waals surface area contributed by atoms with E-state index in [-0.39, 0.29) is 0 Å². The van der Waals surface area contributed by atoms with Crippen molar-refractivity contribution in [3.8, 4) is 17.2 Å². The van der Waals surface area contributed by atoms with Gasteiger partial charge in [0, 0.05) is 32.5 Å². The maximum atomic E-state index is 5.36. The van der Waals surface area contributed by atoms with Crippen molar-refractivity contribution < 1.29 is 0 Å². The van der Waals surface area contributed by atoms with Crippen LogP contribution in [0.25, 0.3) is 93.0 Å². The summed E-state index contributed by atoms with van der Waals surface area (Å²) in [6, 6.07) is 54.1. The lowest BCUT2D eigenvalue weighted by molar-refractivity contribution is 1.02. The summed E-state index contributed by atoms with van der Waals surface area (Å²) in [6.45, 7) is 0. The topological polar surface area (TPSA) is 30.7 Å². The molecule has 10 aromatic rings. The van der Waals surface area contributed by atoms with Gasteiger partial charge >= 0.3 is 0 Å². The third-order valence-electron chi connectivity index (χ3n) is 9.36. The fourth-order valence-electron chi connectivity index (χ4n) is 7.45. The number of fused-ring (bicyclic) bond motifs is 13. The number of hydrogen-bond donors (Lipinski definition) is 0. The van der Waals surface area contributed by atoms with E-state index in [1.54, 1.807) is 0 Å². The van der Waals surface area contributed by atoms with E-state index >= 15 is 0 Å². The maximum Gasteiger partial charge on any atom is 0.235 e.